The molecule has 1 aromatic heterocycles. The number of alkyl halides is 3. The molecule has 2 aliphatic heterocycles. The van der Waals surface area contributed by atoms with Crippen molar-refractivity contribution in [2.24, 2.45) is 0 Å². The standard InChI is InChI=1S/C12H16F3N3O2/c13-12(14,15)11(3-5-16-6-4-11)10-17-9(20-18-10)8-2-1-7-19-8/h8,16H,1-7H2. The van der Waals surface area contributed by atoms with Gasteiger partial charge in [-0.2, -0.15) is 18.2 Å². The molecule has 0 bridgehead atoms. The fourth-order valence-corrected chi connectivity index (χ4v) is 2.82. The number of aromatic nitrogens is 2. The van der Waals surface area contributed by atoms with Gasteiger partial charge in [0.1, 0.15) is 11.5 Å². The zero-order valence-corrected chi connectivity index (χ0v) is 10.9. The molecule has 0 amide bonds. The van der Waals surface area contributed by atoms with Gasteiger partial charge in [-0.1, -0.05) is 5.16 Å². The second kappa shape index (κ2) is 5.00. The zero-order chi connectivity index (χ0) is 14.2. The Morgan fingerprint density at radius 2 is 2.00 bits per heavy atom. The van der Waals surface area contributed by atoms with Crippen LogP contribution in [-0.4, -0.2) is 36.0 Å². The SMILES string of the molecule is FC(F)(F)C1(c2noc(C3CCCO3)n2)CCNCC1. The molecule has 1 N–H and O–H groups in total. The van der Waals surface area contributed by atoms with E-state index in [1.54, 1.807) is 0 Å². The van der Waals surface area contributed by atoms with Crippen LogP contribution in [0.4, 0.5) is 13.2 Å². The van der Waals surface area contributed by atoms with E-state index in [-0.39, 0.29) is 30.7 Å². The van der Waals surface area contributed by atoms with Gasteiger partial charge in [0.05, 0.1) is 0 Å². The molecule has 1 unspecified atom stereocenters. The molecule has 1 atom stereocenters. The highest BCUT2D eigenvalue weighted by molar-refractivity contribution is 5.14. The number of nitrogens with one attached hydrogen (secondary N) is 1. The maximum absolute atomic E-state index is 13.5. The van der Waals surface area contributed by atoms with E-state index in [0.717, 1.165) is 6.42 Å². The third-order valence-electron chi connectivity index (χ3n) is 4.07. The summed E-state index contributed by atoms with van der Waals surface area (Å²) in [4.78, 5) is 4.00. The quantitative estimate of drug-likeness (QED) is 0.904. The molecule has 0 spiro atoms. The van der Waals surface area contributed by atoms with Crippen LogP contribution in [0.3, 0.4) is 0 Å². The van der Waals surface area contributed by atoms with Crippen LogP contribution in [0.5, 0.6) is 0 Å². The molecule has 0 aliphatic carbocycles. The molecule has 8 heteroatoms. The summed E-state index contributed by atoms with van der Waals surface area (Å²) in [6.07, 6.45) is -3.31. The van der Waals surface area contributed by atoms with Crippen LogP contribution in [0.25, 0.3) is 0 Å². The molecule has 2 fully saturated rings. The van der Waals surface area contributed by atoms with E-state index in [4.69, 9.17) is 9.26 Å². The van der Waals surface area contributed by atoms with Gasteiger partial charge in [0.25, 0.3) is 5.89 Å². The number of halogens is 3. The number of rotatable bonds is 2. The van der Waals surface area contributed by atoms with Crippen LogP contribution in [0.15, 0.2) is 4.52 Å². The van der Waals surface area contributed by atoms with Crippen molar-refractivity contribution >= 4 is 0 Å². The Labute approximate surface area is 113 Å². The summed E-state index contributed by atoms with van der Waals surface area (Å²) in [6.45, 7) is 1.17. The number of hydrogen-bond acceptors (Lipinski definition) is 5. The molecule has 5 nitrogen and oxygen atoms in total. The van der Waals surface area contributed by atoms with Crippen LogP contribution < -0.4 is 5.32 Å². The van der Waals surface area contributed by atoms with Gasteiger partial charge in [0.2, 0.25) is 0 Å². The Hall–Kier alpha value is -1.15. The van der Waals surface area contributed by atoms with E-state index in [9.17, 15) is 13.2 Å². The smallest absolute Gasteiger partial charge is 0.368 e. The average molecular weight is 291 g/mol. The molecule has 112 valence electrons. The molecule has 3 heterocycles. The molecule has 0 radical (unpaired) electrons. The number of nitrogens with zero attached hydrogens (tertiary/aromatic N) is 2. The summed E-state index contributed by atoms with van der Waals surface area (Å²) < 4.78 is 50.8. The highest BCUT2D eigenvalue weighted by Crippen LogP contribution is 2.46. The molecular weight excluding hydrogens is 275 g/mol. The summed E-state index contributed by atoms with van der Waals surface area (Å²) in [5, 5.41) is 6.54. The lowest BCUT2D eigenvalue weighted by molar-refractivity contribution is -0.200. The van der Waals surface area contributed by atoms with Crippen molar-refractivity contribution in [2.75, 3.05) is 19.7 Å². The predicted octanol–water partition coefficient (Wildman–Crippen LogP) is 2.10. The fourth-order valence-electron chi connectivity index (χ4n) is 2.82. The van der Waals surface area contributed by atoms with Crippen molar-refractivity contribution in [3.8, 4) is 0 Å². The molecule has 20 heavy (non-hydrogen) atoms. The second-order valence-electron chi connectivity index (χ2n) is 5.29. The van der Waals surface area contributed by atoms with Gasteiger partial charge in [-0.3, -0.25) is 0 Å². The van der Waals surface area contributed by atoms with Crippen molar-refractivity contribution in [3.05, 3.63) is 11.7 Å². The van der Waals surface area contributed by atoms with Crippen molar-refractivity contribution in [2.45, 2.75) is 43.4 Å². The number of hydrogen-bond donors (Lipinski definition) is 1. The number of ether oxygens (including phenoxy) is 1. The Balaban J connectivity index is 1.91. The van der Waals surface area contributed by atoms with Crippen molar-refractivity contribution in [1.29, 1.82) is 0 Å². The summed E-state index contributed by atoms with van der Waals surface area (Å²) in [7, 11) is 0. The van der Waals surface area contributed by atoms with Gasteiger partial charge in [-0.25, -0.2) is 0 Å². The van der Waals surface area contributed by atoms with Gasteiger partial charge in [-0.15, -0.1) is 0 Å². The Bertz CT molecular complexity index is 463. The Morgan fingerprint density at radius 3 is 2.60 bits per heavy atom. The van der Waals surface area contributed by atoms with Gasteiger partial charge in [-0.05, 0) is 38.8 Å². The Kier molecular flexibility index (Phi) is 3.45. The van der Waals surface area contributed by atoms with Crippen LogP contribution in [0.2, 0.25) is 0 Å². The van der Waals surface area contributed by atoms with E-state index in [1.807, 2.05) is 0 Å². The summed E-state index contributed by atoms with van der Waals surface area (Å²) >= 11 is 0. The monoisotopic (exact) mass is 291 g/mol. The zero-order valence-electron chi connectivity index (χ0n) is 10.9. The molecule has 3 rings (SSSR count). The van der Waals surface area contributed by atoms with Crippen molar-refractivity contribution < 1.29 is 22.4 Å². The highest BCUT2D eigenvalue weighted by atomic mass is 19.4. The largest absolute Gasteiger partial charge is 0.401 e. The van der Waals surface area contributed by atoms with Crippen molar-refractivity contribution in [1.82, 2.24) is 15.5 Å². The predicted molar refractivity (Wildman–Crippen MR) is 62.1 cm³/mol. The average Bonchev–Trinajstić information content (AvgIpc) is 3.09. The van der Waals surface area contributed by atoms with E-state index in [1.165, 1.54) is 0 Å². The first-order chi connectivity index (χ1) is 9.53. The van der Waals surface area contributed by atoms with E-state index < -0.39 is 11.6 Å². The van der Waals surface area contributed by atoms with E-state index in [0.29, 0.717) is 26.1 Å². The maximum atomic E-state index is 13.5. The topological polar surface area (TPSA) is 60.2 Å². The molecule has 0 aromatic carbocycles. The summed E-state index contributed by atoms with van der Waals surface area (Å²) in [5.41, 5.74) is -2.00. The lowest BCUT2D eigenvalue weighted by Gasteiger charge is -2.36. The third-order valence-corrected chi connectivity index (χ3v) is 4.07. The first-order valence-corrected chi connectivity index (χ1v) is 6.76. The summed E-state index contributed by atoms with van der Waals surface area (Å²) in [5.74, 6) is -0.0864. The van der Waals surface area contributed by atoms with Gasteiger partial charge in [0, 0.05) is 6.61 Å². The van der Waals surface area contributed by atoms with E-state index >= 15 is 0 Å². The first kappa shape index (κ1) is 13.8. The lowest BCUT2D eigenvalue weighted by atomic mass is 9.77. The first-order valence-electron chi connectivity index (χ1n) is 6.76. The minimum absolute atomic E-state index is 0.0685. The fraction of sp³-hybridized carbons (Fsp3) is 0.833. The normalized spacial score (nSPS) is 26.9. The van der Waals surface area contributed by atoms with Gasteiger partial charge in [0.15, 0.2) is 5.82 Å². The van der Waals surface area contributed by atoms with E-state index in [2.05, 4.69) is 15.5 Å². The maximum Gasteiger partial charge on any atom is 0.401 e. The van der Waals surface area contributed by atoms with Crippen molar-refractivity contribution in [3.63, 3.8) is 0 Å². The molecule has 1 aromatic rings. The Morgan fingerprint density at radius 1 is 1.25 bits per heavy atom. The van der Waals surface area contributed by atoms with Crippen LogP contribution in [0, 0.1) is 0 Å². The molecule has 2 saturated heterocycles. The molecular formula is C12H16F3N3O2. The highest BCUT2D eigenvalue weighted by Gasteiger charge is 2.59. The summed E-state index contributed by atoms with van der Waals surface area (Å²) in [6, 6.07) is 0. The minimum atomic E-state index is -4.38. The van der Waals surface area contributed by atoms with Crippen LogP contribution in [-0.2, 0) is 10.2 Å². The second-order valence-corrected chi connectivity index (χ2v) is 5.29. The minimum Gasteiger partial charge on any atom is -0.368 e. The lowest BCUT2D eigenvalue weighted by Crippen LogP contribution is -2.50. The molecule has 0 saturated carbocycles. The van der Waals surface area contributed by atoms with Gasteiger partial charge < -0.3 is 14.6 Å². The molecule has 2 aliphatic rings. The van der Waals surface area contributed by atoms with Gasteiger partial charge >= 0.3 is 6.18 Å². The number of piperidine rings is 1. The van der Waals surface area contributed by atoms with Crippen LogP contribution >= 0.6 is 0 Å². The van der Waals surface area contributed by atoms with Crippen LogP contribution in [0.1, 0.15) is 43.5 Å². The third kappa shape index (κ3) is 2.20.